The minimum absolute atomic E-state index is 0.169. The quantitative estimate of drug-likeness (QED) is 0.136. The van der Waals surface area contributed by atoms with Gasteiger partial charge in [-0.1, -0.05) is 45.0 Å². The Morgan fingerprint density at radius 3 is 2.56 bits per heavy atom. The topological polar surface area (TPSA) is 143 Å². The largest absolute Gasteiger partial charge is 0.484 e. The van der Waals surface area contributed by atoms with Gasteiger partial charge in [-0.3, -0.25) is 14.4 Å². The molecule has 0 unspecified atom stereocenters. The number of anilines is 1. The molecule has 1 aromatic carbocycles. The molecule has 13 heteroatoms. The zero-order valence-electron chi connectivity index (χ0n) is 31.0. The summed E-state index contributed by atoms with van der Waals surface area (Å²) in [5, 5.41) is 19.7. The van der Waals surface area contributed by atoms with Gasteiger partial charge >= 0.3 is 6.03 Å². The number of piperidine rings is 1. The van der Waals surface area contributed by atoms with Gasteiger partial charge in [0.1, 0.15) is 23.4 Å². The number of fused-ring (bicyclic) bond motifs is 2. The SMILES string of the molecule is C[C@H]1CCCCN1c1nnc2ccc(O[C@@H]3CC[C@H](NC(=O)NC(C=C(N)C(C)(C)C)=Nc4cnn(CCN5CCCC5)c4)c4ccccc43)cn12. The van der Waals surface area contributed by atoms with E-state index in [1.54, 1.807) is 12.3 Å². The third-order valence-electron chi connectivity index (χ3n) is 10.5. The molecule has 0 spiro atoms. The number of amides is 2. The summed E-state index contributed by atoms with van der Waals surface area (Å²) in [5.74, 6) is 1.97. The fourth-order valence-corrected chi connectivity index (χ4v) is 7.40. The minimum Gasteiger partial charge on any atom is -0.484 e. The van der Waals surface area contributed by atoms with E-state index in [-0.39, 0.29) is 23.6 Å². The Morgan fingerprint density at radius 1 is 0.981 bits per heavy atom. The van der Waals surface area contributed by atoms with Crippen molar-refractivity contribution in [3.05, 3.63) is 77.9 Å². The average molecular weight is 708 g/mol. The van der Waals surface area contributed by atoms with E-state index in [1.165, 1.54) is 19.3 Å². The van der Waals surface area contributed by atoms with Crippen molar-refractivity contribution in [1.82, 2.24) is 39.9 Å². The second-order valence-corrected chi connectivity index (χ2v) is 15.5. The first kappa shape index (κ1) is 35.5. The van der Waals surface area contributed by atoms with Crippen LogP contribution in [-0.4, -0.2) is 73.4 Å². The minimum atomic E-state index is -0.352. The van der Waals surface area contributed by atoms with Gasteiger partial charge in [-0.05, 0) is 88.2 Å². The normalized spacial score (nSPS) is 21.7. The van der Waals surface area contributed by atoms with Crippen LogP contribution in [0.15, 0.2) is 71.8 Å². The number of nitrogens with zero attached hydrogens (tertiary/aromatic N) is 8. The number of carbonyl (C=O) groups excluding carboxylic acids is 1. The van der Waals surface area contributed by atoms with E-state index >= 15 is 0 Å². The van der Waals surface area contributed by atoms with Gasteiger partial charge in [-0.15, -0.1) is 10.2 Å². The molecule has 0 saturated carbocycles. The molecule has 3 atom stereocenters. The molecule has 4 aromatic rings. The molecule has 2 aliphatic heterocycles. The van der Waals surface area contributed by atoms with Gasteiger partial charge in [0.05, 0.1) is 31.2 Å². The van der Waals surface area contributed by atoms with Crippen LogP contribution >= 0.6 is 0 Å². The second kappa shape index (κ2) is 15.4. The van der Waals surface area contributed by atoms with Crippen LogP contribution < -0.4 is 26.0 Å². The van der Waals surface area contributed by atoms with E-state index in [1.807, 2.05) is 66.5 Å². The zero-order chi connectivity index (χ0) is 36.2. The zero-order valence-corrected chi connectivity index (χ0v) is 31.0. The van der Waals surface area contributed by atoms with Gasteiger partial charge in [-0.2, -0.15) is 5.10 Å². The molecule has 4 N–H and O–H groups in total. The molecule has 2 amide bonds. The van der Waals surface area contributed by atoms with Gasteiger partial charge in [0.25, 0.3) is 0 Å². The molecular formula is C39H53N11O2. The van der Waals surface area contributed by atoms with Crippen molar-refractivity contribution < 1.29 is 9.53 Å². The van der Waals surface area contributed by atoms with Crippen molar-refractivity contribution in [2.75, 3.05) is 31.1 Å². The number of amidine groups is 1. The Morgan fingerprint density at radius 2 is 1.77 bits per heavy atom. The van der Waals surface area contributed by atoms with Crippen molar-refractivity contribution >= 4 is 29.1 Å². The predicted octanol–water partition coefficient (Wildman–Crippen LogP) is 6.27. The van der Waals surface area contributed by atoms with Crippen LogP contribution in [0.2, 0.25) is 0 Å². The van der Waals surface area contributed by atoms with Crippen molar-refractivity contribution in [3.8, 4) is 5.75 Å². The molecule has 1 aliphatic carbocycles. The van der Waals surface area contributed by atoms with Crippen molar-refractivity contribution in [2.45, 2.75) is 97.4 Å². The first-order chi connectivity index (χ1) is 25.1. The summed E-state index contributed by atoms with van der Waals surface area (Å²) in [5.41, 5.74) is 10.3. The number of nitrogens with two attached hydrogens (primary N) is 1. The number of urea groups is 1. The molecule has 2 saturated heterocycles. The number of likely N-dealkylation sites (tertiary alicyclic amines) is 1. The van der Waals surface area contributed by atoms with E-state index in [2.05, 4.69) is 54.8 Å². The summed E-state index contributed by atoms with van der Waals surface area (Å²) < 4.78 is 10.6. The highest BCUT2D eigenvalue weighted by molar-refractivity contribution is 6.05. The molecular weight excluding hydrogens is 655 g/mol. The fourth-order valence-electron chi connectivity index (χ4n) is 7.40. The number of pyridine rings is 1. The molecule has 52 heavy (non-hydrogen) atoms. The Balaban J connectivity index is 1.05. The Labute approximate surface area is 306 Å². The van der Waals surface area contributed by atoms with E-state index in [0.29, 0.717) is 29.7 Å². The first-order valence-electron chi connectivity index (χ1n) is 18.9. The van der Waals surface area contributed by atoms with Crippen molar-refractivity contribution in [1.29, 1.82) is 0 Å². The maximum absolute atomic E-state index is 13.6. The van der Waals surface area contributed by atoms with Crippen molar-refractivity contribution in [3.63, 3.8) is 0 Å². The number of rotatable bonds is 9. The van der Waals surface area contributed by atoms with Gasteiger partial charge in [0, 0.05) is 36.3 Å². The van der Waals surface area contributed by atoms with Crippen LogP contribution in [0.25, 0.3) is 5.65 Å². The molecule has 5 heterocycles. The van der Waals surface area contributed by atoms with Gasteiger partial charge in [0.15, 0.2) is 5.65 Å². The van der Waals surface area contributed by atoms with Crippen molar-refractivity contribution in [2.24, 2.45) is 16.1 Å². The summed E-state index contributed by atoms with van der Waals surface area (Å²) in [6.07, 6.45) is 14.7. The van der Waals surface area contributed by atoms with Crippen LogP contribution in [0.5, 0.6) is 5.75 Å². The third kappa shape index (κ3) is 8.25. The Hall–Kier alpha value is -4.91. The lowest BCUT2D eigenvalue weighted by Crippen LogP contribution is -2.42. The van der Waals surface area contributed by atoms with Crippen LogP contribution in [0.1, 0.15) is 95.9 Å². The van der Waals surface area contributed by atoms with E-state index in [9.17, 15) is 4.79 Å². The van der Waals surface area contributed by atoms with E-state index in [0.717, 1.165) is 80.5 Å². The van der Waals surface area contributed by atoms with E-state index < -0.39 is 0 Å². The lowest BCUT2D eigenvalue weighted by Gasteiger charge is -2.33. The Kier molecular flexibility index (Phi) is 10.5. The number of hydrogen-bond acceptors (Lipinski definition) is 9. The number of carbonyl (C=O) groups is 1. The summed E-state index contributed by atoms with van der Waals surface area (Å²) in [7, 11) is 0. The maximum atomic E-state index is 13.6. The molecule has 0 radical (unpaired) electrons. The predicted molar refractivity (Wildman–Crippen MR) is 204 cm³/mol. The third-order valence-corrected chi connectivity index (χ3v) is 10.5. The standard InChI is InChI=1S/C39H53N11O2/c1-27-11-7-8-20-49(27)38-46-45-36-17-14-29(26-50(36)38)52-33-16-15-32(30-12-5-6-13-31(30)33)43-37(51)44-35(23-34(40)39(2,3)4)42-28-24-41-48(25-28)22-21-47-18-9-10-19-47/h5-6,12-14,17,23-27,32-33H,7-11,15-16,18-22,40H2,1-4H3,(H2,42,43,44,51)/t27-,32-,33+/m0/s1. The number of aliphatic imine (C=N–C) groups is 1. The molecule has 0 bridgehead atoms. The number of nitrogens with one attached hydrogen (secondary N) is 2. The molecule has 13 nitrogen and oxygen atoms in total. The monoisotopic (exact) mass is 707 g/mol. The average Bonchev–Trinajstić information content (AvgIpc) is 3.90. The molecule has 276 valence electrons. The fraction of sp³-hybridized carbons (Fsp3) is 0.513. The number of ether oxygens (including phenoxy) is 1. The van der Waals surface area contributed by atoms with Crippen LogP contribution in [0.4, 0.5) is 16.4 Å². The molecule has 3 aromatic heterocycles. The molecule has 3 aliphatic rings. The number of aromatic nitrogens is 5. The second-order valence-electron chi connectivity index (χ2n) is 15.5. The molecule has 2 fully saturated rings. The van der Waals surface area contributed by atoms with Crippen LogP contribution in [0, 0.1) is 5.41 Å². The molecule has 7 rings (SSSR count). The highest BCUT2D eigenvalue weighted by Crippen LogP contribution is 2.39. The summed E-state index contributed by atoms with van der Waals surface area (Å²) in [4.78, 5) is 23.2. The van der Waals surface area contributed by atoms with Gasteiger partial charge in [-0.25, -0.2) is 9.79 Å². The number of benzene rings is 1. The summed E-state index contributed by atoms with van der Waals surface area (Å²) in [6.45, 7) is 13.4. The lowest BCUT2D eigenvalue weighted by atomic mass is 9.85. The summed E-state index contributed by atoms with van der Waals surface area (Å²) in [6, 6.07) is 12.0. The smallest absolute Gasteiger partial charge is 0.320 e. The first-order valence-corrected chi connectivity index (χ1v) is 18.9. The van der Waals surface area contributed by atoms with Gasteiger partial charge in [0.2, 0.25) is 5.95 Å². The maximum Gasteiger partial charge on any atom is 0.320 e. The highest BCUT2D eigenvalue weighted by Gasteiger charge is 2.30. The number of hydrogen-bond donors (Lipinski definition) is 3. The van der Waals surface area contributed by atoms with E-state index in [4.69, 9.17) is 15.5 Å². The van der Waals surface area contributed by atoms with Crippen LogP contribution in [-0.2, 0) is 6.54 Å². The lowest BCUT2D eigenvalue weighted by molar-refractivity contribution is 0.171. The van der Waals surface area contributed by atoms with Gasteiger partial charge < -0.3 is 25.6 Å². The Bertz CT molecular complexity index is 1920. The number of allylic oxidation sites excluding steroid dienone is 1. The van der Waals surface area contributed by atoms with Crippen LogP contribution in [0.3, 0.4) is 0 Å². The summed E-state index contributed by atoms with van der Waals surface area (Å²) >= 11 is 0. The highest BCUT2D eigenvalue weighted by atomic mass is 16.5.